The molecule has 27 heavy (non-hydrogen) atoms. The first-order valence-corrected chi connectivity index (χ1v) is 9.50. The SMILES string of the molecule is CN(c1nc2ccc(-c3ccc(-c4ccc(Cl)cc4)cn3)cc2[nH]1)C1CC1. The van der Waals surface area contributed by atoms with E-state index in [-0.39, 0.29) is 0 Å². The van der Waals surface area contributed by atoms with Gasteiger partial charge in [-0.1, -0.05) is 35.9 Å². The number of nitrogens with one attached hydrogen (secondary N) is 1. The lowest BCUT2D eigenvalue weighted by atomic mass is 10.1. The molecule has 1 aliphatic rings. The highest BCUT2D eigenvalue weighted by Crippen LogP contribution is 2.31. The third-order valence-electron chi connectivity index (χ3n) is 5.13. The van der Waals surface area contributed by atoms with Crippen molar-refractivity contribution in [2.75, 3.05) is 11.9 Å². The first-order chi connectivity index (χ1) is 13.2. The van der Waals surface area contributed by atoms with Crippen molar-refractivity contribution in [2.45, 2.75) is 18.9 Å². The molecule has 2 aromatic carbocycles. The van der Waals surface area contributed by atoms with Crippen LogP contribution in [0.25, 0.3) is 33.4 Å². The maximum Gasteiger partial charge on any atom is 0.203 e. The van der Waals surface area contributed by atoms with Crippen molar-refractivity contribution >= 4 is 28.6 Å². The predicted molar refractivity (Wildman–Crippen MR) is 111 cm³/mol. The van der Waals surface area contributed by atoms with Crippen molar-refractivity contribution in [2.24, 2.45) is 0 Å². The van der Waals surface area contributed by atoms with Crippen LogP contribution in [0.5, 0.6) is 0 Å². The van der Waals surface area contributed by atoms with Gasteiger partial charge in [0.1, 0.15) is 0 Å². The summed E-state index contributed by atoms with van der Waals surface area (Å²) >= 11 is 5.97. The smallest absolute Gasteiger partial charge is 0.203 e. The molecule has 2 aromatic heterocycles. The monoisotopic (exact) mass is 374 g/mol. The van der Waals surface area contributed by atoms with Gasteiger partial charge >= 0.3 is 0 Å². The van der Waals surface area contributed by atoms with Gasteiger partial charge in [0.15, 0.2) is 0 Å². The highest BCUT2D eigenvalue weighted by Gasteiger charge is 2.28. The fourth-order valence-electron chi connectivity index (χ4n) is 3.34. The molecule has 0 bridgehead atoms. The standard InChI is InChI=1S/C22H19ClN4/c1-27(18-8-9-18)22-25-20-11-4-15(12-21(20)26-22)19-10-5-16(13-24-19)14-2-6-17(23)7-3-14/h2-7,10-13,18H,8-9H2,1H3,(H,25,26). The average molecular weight is 375 g/mol. The molecule has 0 amide bonds. The van der Waals surface area contributed by atoms with Crippen molar-refractivity contribution in [1.29, 1.82) is 0 Å². The summed E-state index contributed by atoms with van der Waals surface area (Å²) in [6, 6.07) is 18.8. The van der Waals surface area contributed by atoms with Gasteiger partial charge in [0.05, 0.1) is 16.7 Å². The fraction of sp³-hybridized carbons (Fsp3) is 0.182. The first-order valence-electron chi connectivity index (χ1n) is 9.12. The number of anilines is 1. The van der Waals surface area contributed by atoms with E-state index < -0.39 is 0 Å². The molecule has 4 nitrogen and oxygen atoms in total. The van der Waals surface area contributed by atoms with Crippen LogP contribution in [0.2, 0.25) is 5.02 Å². The number of H-pyrrole nitrogens is 1. The minimum absolute atomic E-state index is 0.632. The molecule has 5 rings (SSSR count). The molecule has 1 aliphatic carbocycles. The summed E-state index contributed by atoms with van der Waals surface area (Å²) in [5.74, 6) is 0.940. The molecule has 4 aromatic rings. The highest BCUT2D eigenvalue weighted by atomic mass is 35.5. The Balaban J connectivity index is 1.44. The van der Waals surface area contributed by atoms with Gasteiger partial charge in [-0.15, -0.1) is 0 Å². The van der Waals surface area contributed by atoms with Gasteiger partial charge in [-0.25, -0.2) is 4.98 Å². The van der Waals surface area contributed by atoms with E-state index in [2.05, 4.69) is 52.2 Å². The summed E-state index contributed by atoms with van der Waals surface area (Å²) in [7, 11) is 2.10. The van der Waals surface area contributed by atoms with Gasteiger partial charge in [-0.3, -0.25) is 4.98 Å². The second-order valence-electron chi connectivity index (χ2n) is 7.07. The summed E-state index contributed by atoms with van der Waals surface area (Å²) in [5.41, 5.74) is 6.23. The Bertz CT molecular complexity index is 1100. The second-order valence-corrected chi connectivity index (χ2v) is 7.51. The number of aromatic amines is 1. The van der Waals surface area contributed by atoms with Crippen LogP contribution in [0.3, 0.4) is 0 Å². The lowest BCUT2D eigenvalue weighted by molar-refractivity contribution is 0.879. The summed E-state index contributed by atoms with van der Waals surface area (Å²) < 4.78 is 0. The van der Waals surface area contributed by atoms with Gasteiger partial charge in [0, 0.05) is 35.4 Å². The zero-order valence-corrected chi connectivity index (χ0v) is 15.7. The molecule has 1 saturated carbocycles. The highest BCUT2D eigenvalue weighted by molar-refractivity contribution is 6.30. The van der Waals surface area contributed by atoms with E-state index in [1.165, 1.54) is 12.8 Å². The molecule has 0 saturated heterocycles. The number of hydrogen-bond acceptors (Lipinski definition) is 3. The van der Waals surface area contributed by atoms with Gasteiger partial charge < -0.3 is 9.88 Å². The van der Waals surface area contributed by atoms with Gasteiger partial charge in [-0.2, -0.15) is 0 Å². The number of aromatic nitrogens is 3. The number of rotatable bonds is 4. The summed E-state index contributed by atoms with van der Waals surface area (Å²) in [6.07, 6.45) is 4.41. The Kier molecular flexibility index (Phi) is 3.87. The van der Waals surface area contributed by atoms with Crippen molar-refractivity contribution in [3.63, 3.8) is 0 Å². The largest absolute Gasteiger partial charge is 0.342 e. The molecule has 0 radical (unpaired) electrons. The molecule has 2 heterocycles. The molecule has 1 N–H and O–H groups in total. The van der Waals surface area contributed by atoms with Gasteiger partial charge in [-0.05, 0) is 48.7 Å². The third-order valence-corrected chi connectivity index (χ3v) is 5.39. The molecule has 134 valence electrons. The third kappa shape index (κ3) is 3.17. The van der Waals surface area contributed by atoms with E-state index in [1.54, 1.807) is 0 Å². The van der Waals surface area contributed by atoms with Crippen molar-refractivity contribution in [3.8, 4) is 22.4 Å². The number of benzene rings is 2. The van der Waals surface area contributed by atoms with Crippen molar-refractivity contribution in [1.82, 2.24) is 15.0 Å². The van der Waals surface area contributed by atoms with E-state index in [4.69, 9.17) is 16.6 Å². The van der Waals surface area contributed by atoms with Crippen LogP contribution in [0.1, 0.15) is 12.8 Å². The number of pyridine rings is 1. The number of nitrogens with zero attached hydrogens (tertiary/aromatic N) is 3. The minimum atomic E-state index is 0.632. The normalized spacial score (nSPS) is 13.9. The Morgan fingerprint density at radius 2 is 1.70 bits per heavy atom. The van der Waals surface area contributed by atoms with Gasteiger partial charge in [0.25, 0.3) is 0 Å². The topological polar surface area (TPSA) is 44.8 Å². The van der Waals surface area contributed by atoms with Crippen LogP contribution >= 0.6 is 11.6 Å². The Morgan fingerprint density at radius 3 is 2.41 bits per heavy atom. The lowest BCUT2D eigenvalue weighted by Gasteiger charge is -2.13. The van der Waals surface area contributed by atoms with E-state index in [9.17, 15) is 0 Å². The van der Waals surface area contributed by atoms with Crippen molar-refractivity contribution in [3.05, 3.63) is 65.8 Å². The average Bonchev–Trinajstić information content (AvgIpc) is 3.46. The number of halogens is 1. The maximum absolute atomic E-state index is 5.97. The second kappa shape index (κ2) is 6.39. The van der Waals surface area contributed by atoms with E-state index in [1.807, 2.05) is 30.5 Å². The molecule has 0 unspecified atom stereocenters. The maximum atomic E-state index is 5.97. The van der Waals surface area contributed by atoms with Crippen molar-refractivity contribution < 1.29 is 0 Å². The summed E-state index contributed by atoms with van der Waals surface area (Å²) in [4.78, 5) is 15.0. The molecule has 0 spiro atoms. The zero-order valence-electron chi connectivity index (χ0n) is 15.0. The zero-order chi connectivity index (χ0) is 18.4. The molecular weight excluding hydrogens is 356 g/mol. The van der Waals surface area contributed by atoms with Gasteiger partial charge in [0.2, 0.25) is 5.95 Å². The van der Waals surface area contributed by atoms with Crippen LogP contribution < -0.4 is 4.90 Å². The fourth-order valence-corrected chi connectivity index (χ4v) is 3.46. The summed E-state index contributed by atoms with van der Waals surface area (Å²) in [5, 5.41) is 0.739. The van der Waals surface area contributed by atoms with Crippen LogP contribution in [-0.4, -0.2) is 28.0 Å². The molecule has 1 fully saturated rings. The van der Waals surface area contributed by atoms with E-state index in [0.29, 0.717) is 6.04 Å². The van der Waals surface area contributed by atoms with E-state index >= 15 is 0 Å². The van der Waals surface area contributed by atoms with Crippen LogP contribution in [-0.2, 0) is 0 Å². The Morgan fingerprint density at radius 1 is 0.963 bits per heavy atom. The molecule has 0 atom stereocenters. The first kappa shape index (κ1) is 16.3. The summed E-state index contributed by atoms with van der Waals surface area (Å²) in [6.45, 7) is 0. The molecule has 0 aliphatic heterocycles. The number of fused-ring (bicyclic) bond motifs is 1. The quantitative estimate of drug-likeness (QED) is 0.509. The lowest BCUT2D eigenvalue weighted by Crippen LogP contribution is -2.20. The number of hydrogen-bond donors (Lipinski definition) is 1. The van der Waals surface area contributed by atoms with E-state index in [0.717, 1.165) is 44.4 Å². The molecule has 5 heteroatoms. The Labute approximate surface area is 162 Å². The Hall–Kier alpha value is -2.85. The van der Waals surface area contributed by atoms with Crippen LogP contribution in [0.15, 0.2) is 60.8 Å². The minimum Gasteiger partial charge on any atom is -0.342 e. The predicted octanol–water partition coefficient (Wildman–Crippen LogP) is 5.54. The van der Waals surface area contributed by atoms with Crippen LogP contribution in [0, 0.1) is 0 Å². The molecular formula is C22H19ClN4. The van der Waals surface area contributed by atoms with Crippen LogP contribution in [0.4, 0.5) is 5.95 Å². The number of imidazole rings is 1.